The quantitative estimate of drug-likeness (QED) is 0.643. The van der Waals surface area contributed by atoms with Crippen LogP contribution < -0.4 is 10.8 Å². The molecule has 1 heterocycles. The molecule has 0 radical (unpaired) electrons. The van der Waals surface area contributed by atoms with Crippen LogP contribution in [0, 0.1) is 0 Å². The van der Waals surface area contributed by atoms with E-state index in [2.05, 4.69) is 15.7 Å². The highest BCUT2D eigenvalue weighted by Gasteiger charge is 2.45. The summed E-state index contributed by atoms with van der Waals surface area (Å²) < 4.78 is 0. The summed E-state index contributed by atoms with van der Waals surface area (Å²) in [7, 11) is 3.62. The molecule has 16 heavy (non-hydrogen) atoms. The van der Waals surface area contributed by atoms with Crippen LogP contribution in [0.15, 0.2) is 0 Å². The lowest BCUT2D eigenvalue weighted by atomic mass is 10.2. The van der Waals surface area contributed by atoms with Crippen LogP contribution in [0.3, 0.4) is 0 Å². The number of amides is 1. The molecule has 1 aliphatic heterocycles. The summed E-state index contributed by atoms with van der Waals surface area (Å²) in [5, 5.41) is 3.15. The van der Waals surface area contributed by atoms with Crippen LogP contribution in [0.2, 0.25) is 0 Å². The number of carbonyl (C=O) groups is 1. The number of hydroxylamine groups is 1. The van der Waals surface area contributed by atoms with Gasteiger partial charge in [-0.05, 0) is 39.3 Å². The maximum atomic E-state index is 12.1. The van der Waals surface area contributed by atoms with Crippen molar-refractivity contribution in [2.24, 2.45) is 0 Å². The van der Waals surface area contributed by atoms with Gasteiger partial charge in [-0.3, -0.25) is 9.69 Å². The number of hydrogen-bond donors (Lipinski definition) is 2. The van der Waals surface area contributed by atoms with Gasteiger partial charge in [0.25, 0.3) is 0 Å². The summed E-state index contributed by atoms with van der Waals surface area (Å²) in [6.07, 6.45) is 4.20. The predicted octanol–water partition coefficient (Wildman–Crippen LogP) is -0.120. The highest BCUT2D eigenvalue weighted by atomic mass is 16.6. The van der Waals surface area contributed by atoms with Crippen LogP contribution >= 0.6 is 0 Å². The standard InChI is InChI=1S/C11H21N3O2/c1-14-7-3-4-9(14)10(15)13-11(5-6-11)8-12-16-2/h9,12H,3-8H2,1-2H3,(H,13,15). The Kier molecular flexibility index (Phi) is 3.47. The van der Waals surface area contributed by atoms with Crippen molar-refractivity contribution in [1.29, 1.82) is 0 Å². The molecule has 92 valence electrons. The van der Waals surface area contributed by atoms with Gasteiger partial charge in [0.2, 0.25) is 5.91 Å². The first-order chi connectivity index (χ1) is 7.67. The average Bonchev–Trinajstić information content (AvgIpc) is 2.88. The molecule has 1 aliphatic carbocycles. The van der Waals surface area contributed by atoms with E-state index in [4.69, 9.17) is 4.84 Å². The van der Waals surface area contributed by atoms with E-state index in [-0.39, 0.29) is 17.5 Å². The smallest absolute Gasteiger partial charge is 0.237 e. The molecule has 1 saturated carbocycles. The van der Waals surface area contributed by atoms with Gasteiger partial charge in [-0.15, -0.1) is 0 Å². The van der Waals surface area contributed by atoms with E-state index in [9.17, 15) is 4.79 Å². The van der Waals surface area contributed by atoms with Crippen molar-refractivity contribution in [3.8, 4) is 0 Å². The number of rotatable bonds is 5. The van der Waals surface area contributed by atoms with Gasteiger partial charge in [-0.1, -0.05) is 0 Å². The minimum absolute atomic E-state index is 0.0451. The molecular weight excluding hydrogens is 206 g/mol. The first kappa shape index (κ1) is 11.8. The molecule has 1 unspecified atom stereocenters. The number of likely N-dealkylation sites (tertiary alicyclic amines) is 1. The first-order valence-electron chi connectivity index (χ1n) is 5.95. The first-order valence-corrected chi connectivity index (χ1v) is 5.95. The van der Waals surface area contributed by atoms with Crippen LogP contribution in [0.1, 0.15) is 25.7 Å². The monoisotopic (exact) mass is 227 g/mol. The predicted molar refractivity (Wildman–Crippen MR) is 60.8 cm³/mol. The van der Waals surface area contributed by atoms with Gasteiger partial charge < -0.3 is 10.2 Å². The molecule has 0 aromatic heterocycles. The fourth-order valence-electron chi connectivity index (χ4n) is 2.29. The van der Waals surface area contributed by atoms with Gasteiger partial charge in [-0.25, -0.2) is 5.48 Å². The molecule has 0 bridgehead atoms. The van der Waals surface area contributed by atoms with E-state index in [0.717, 1.165) is 32.2 Å². The van der Waals surface area contributed by atoms with Crippen LogP contribution in [0.5, 0.6) is 0 Å². The van der Waals surface area contributed by atoms with E-state index in [1.807, 2.05) is 7.05 Å². The number of carbonyl (C=O) groups excluding carboxylic acids is 1. The van der Waals surface area contributed by atoms with Crippen LogP contribution in [-0.4, -0.2) is 49.6 Å². The fraction of sp³-hybridized carbons (Fsp3) is 0.909. The highest BCUT2D eigenvalue weighted by molar-refractivity contribution is 5.83. The summed E-state index contributed by atoms with van der Waals surface area (Å²) in [6.45, 7) is 1.73. The zero-order valence-corrected chi connectivity index (χ0v) is 10.1. The maximum absolute atomic E-state index is 12.1. The Hall–Kier alpha value is -0.650. The van der Waals surface area contributed by atoms with E-state index >= 15 is 0 Å². The lowest BCUT2D eigenvalue weighted by Gasteiger charge is -2.23. The molecule has 2 N–H and O–H groups in total. The van der Waals surface area contributed by atoms with E-state index in [1.54, 1.807) is 7.11 Å². The summed E-state index contributed by atoms with van der Waals surface area (Å²) in [5.74, 6) is 0.176. The fourth-order valence-corrected chi connectivity index (χ4v) is 2.29. The molecule has 5 nitrogen and oxygen atoms in total. The Morgan fingerprint density at radius 2 is 2.31 bits per heavy atom. The third-order valence-corrected chi connectivity index (χ3v) is 3.62. The normalized spacial score (nSPS) is 28.0. The number of nitrogens with zero attached hydrogens (tertiary/aromatic N) is 1. The van der Waals surface area contributed by atoms with Gasteiger partial charge in [0.1, 0.15) is 0 Å². The second-order valence-corrected chi connectivity index (χ2v) is 4.93. The molecule has 2 rings (SSSR count). The molecule has 1 saturated heterocycles. The summed E-state index contributed by atoms with van der Waals surface area (Å²) in [5.41, 5.74) is 2.78. The molecule has 0 aromatic carbocycles. The minimum Gasteiger partial charge on any atom is -0.348 e. The van der Waals surface area contributed by atoms with Gasteiger partial charge >= 0.3 is 0 Å². The number of likely N-dealkylation sites (N-methyl/N-ethyl adjacent to an activating group) is 1. The molecule has 2 fully saturated rings. The van der Waals surface area contributed by atoms with Crippen molar-refractivity contribution in [2.75, 3.05) is 27.2 Å². The maximum Gasteiger partial charge on any atom is 0.237 e. The van der Waals surface area contributed by atoms with Crippen molar-refractivity contribution < 1.29 is 9.63 Å². The molecule has 1 atom stereocenters. The third-order valence-electron chi connectivity index (χ3n) is 3.62. The van der Waals surface area contributed by atoms with E-state index in [1.165, 1.54) is 0 Å². The Morgan fingerprint density at radius 3 is 2.81 bits per heavy atom. The second-order valence-electron chi connectivity index (χ2n) is 4.93. The van der Waals surface area contributed by atoms with Crippen molar-refractivity contribution >= 4 is 5.91 Å². The number of nitrogens with one attached hydrogen (secondary N) is 2. The molecule has 0 spiro atoms. The molecule has 5 heteroatoms. The summed E-state index contributed by atoms with van der Waals surface area (Å²) in [4.78, 5) is 19.0. The molecule has 2 aliphatic rings. The Morgan fingerprint density at radius 1 is 1.56 bits per heavy atom. The van der Waals surface area contributed by atoms with Gasteiger partial charge in [0, 0.05) is 6.54 Å². The number of hydrogen-bond acceptors (Lipinski definition) is 4. The summed E-state index contributed by atoms with van der Waals surface area (Å²) >= 11 is 0. The van der Waals surface area contributed by atoms with Gasteiger partial charge in [-0.2, -0.15) is 0 Å². The SMILES string of the molecule is CONCC1(NC(=O)C2CCCN2C)CC1. The van der Waals surface area contributed by atoms with Crippen LogP contribution in [0.4, 0.5) is 0 Å². The van der Waals surface area contributed by atoms with E-state index in [0.29, 0.717) is 6.54 Å². The molecule has 0 aromatic rings. The summed E-state index contributed by atoms with van der Waals surface area (Å²) in [6, 6.07) is 0.0695. The minimum atomic E-state index is -0.0451. The van der Waals surface area contributed by atoms with Crippen molar-refractivity contribution in [2.45, 2.75) is 37.3 Å². The molecule has 1 amide bonds. The molecular formula is C11H21N3O2. The zero-order chi connectivity index (χ0) is 11.6. The Bertz CT molecular complexity index is 266. The van der Waals surface area contributed by atoms with E-state index < -0.39 is 0 Å². The van der Waals surface area contributed by atoms with Gasteiger partial charge in [0.15, 0.2) is 0 Å². The third kappa shape index (κ3) is 2.53. The highest BCUT2D eigenvalue weighted by Crippen LogP contribution is 2.35. The average molecular weight is 227 g/mol. The largest absolute Gasteiger partial charge is 0.348 e. The Labute approximate surface area is 96.5 Å². The lowest BCUT2D eigenvalue weighted by molar-refractivity contribution is -0.126. The second kappa shape index (κ2) is 4.69. The zero-order valence-electron chi connectivity index (χ0n) is 10.1. The van der Waals surface area contributed by atoms with Crippen molar-refractivity contribution in [1.82, 2.24) is 15.7 Å². The van der Waals surface area contributed by atoms with Crippen LogP contribution in [0.25, 0.3) is 0 Å². The van der Waals surface area contributed by atoms with Crippen LogP contribution in [-0.2, 0) is 9.63 Å². The van der Waals surface area contributed by atoms with Gasteiger partial charge in [0.05, 0.1) is 18.7 Å². The Balaban J connectivity index is 1.82. The topological polar surface area (TPSA) is 53.6 Å². The van der Waals surface area contributed by atoms with Crippen molar-refractivity contribution in [3.05, 3.63) is 0 Å². The van der Waals surface area contributed by atoms with Crippen molar-refractivity contribution in [3.63, 3.8) is 0 Å². The lowest BCUT2D eigenvalue weighted by Crippen LogP contribution is -2.50.